The minimum atomic E-state index is -1.34. The number of thiocarbonyl (C=S) groups is 1. The van der Waals surface area contributed by atoms with Crippen LogP contribution in [0.1, 0.15) is 18.4 Å². The minimum absolute atomic E-state index is 0.0134. The third-order valence-corrected chi connectivity index (χ3v) is 3.51. The topological polar surface area (TPSA) is 198 Å². The van der Waals surface area contributed by atoms with Crippen LogP contribution in [-0.2, 0) is 4.79 Å². The van der Waals surface area contributed by atoms with Crippen LogP contribution in [0.4, 0.5) is 4.79 Å². The number of nitrogens with two attached hydrogens (primary N) is 2. The van der Waals surface area contributed by atoms with Gasteiger partial charge in [0.25, 0.3) is 5.96 Å². The van der Waals surface area contributed by atoms with Gasteiger partial charge in [0.1, 0.15) is 16.8 Å². The Morgan fingerprint density at radius 3 is 2.41 bits per heavy atom. The fourth-order valence-electron chi connectivity index (χ4n) is 1.96. The number of ether oxygens (including phenoxy) is 1. The van der Waals surface area contributed by atoms with Crippen molar-refractivity contribution in [2.75, 3.05) is 6.54 Å². The van der Waals surface area contributed by atoms with Crippen molar-refractivity contribution in [2.24, 2.45) is 11.5 Å². The van der Waals surface area contributed by atoms with Gasteiger partial charge in [0, 0.05) is 5.56 Å². The Balaban J connectivity index is 2.59. The molecule has 27 heavy (non-hydrogen) atoms. The van der Waals surface area contributed by atoms with E-state index in [1.165, 1.54) is 24.3 Å². The van der Waals surface area contributed by atoms with Crippen LogP contribution in [0, 0.1) is 15.5 Å². The molecule has 0 fully saturated rings. The van der Waals surface area contributed by atoms with E-state index in [9.17, 15) is 19.7 Å². The summed E-state index contributed by atoms with van der Waals surface area (Å²) in [6, 6.07) is 4.60. The first-order valence-corrected chi connectivity index (χ1v) is 7.89. The number of nitrogens with one attached hydrogen (secondary N) is 2. The number of amides is 1. The lowest BCUT2D eigenvalue weighted by atomic mass is 10.1. The SMILES string of the molecule is N=C(N)N(CCCC(NC(=O)Oc1ccc(C(N)=S)cc1)C(=O)O)[N+](=O)[O-]. The molecular formula is C14H18N6O6S. The second-order valence-corrected chi connectivity index (χ2v) is 5.64. The number of carbonyl (C=O) groups is 2. The summed E-state index contributed by atoms with van der Waals surface area (Å²) < 4.78 is 4.96. The average molecular weight is 398 g/mol. The zero-order chi connectivity index (χ0) is 20.6. The molecule has 0 aliphatic carbocycles. The molecule has 13 heteroatoms. The molecule has 0 heterocycles. The van der Waals surface area contributed by atoms with E-state index >= 15 is 0 Å². The quantitative estimate of drug-likeness (QED) is 0.124. The van der Waals surface area contributed by atoms with Crippen LogP contribution in [0.15, 0.2) is 24.3 Å². The number of aliphatic carboxylic acids is 1. The molecule has 1 rings (SSSR count). The first-order chi connectivity index (χ1) is 12.6. The maximum Gasteiger partial charge on any atom is 0.413 e. The summed E-state index contributed by atoms with van der Waals surface area (Å²) in [6.45, 7) is -0.288. The van der Waals surface area contributed by atoms with E-state index in [0.717, 1.165) is 0 Å². The maximum absolute atomic E-state index is 11.8. The van der Waals surface area contributed by atoms with Crippen LogP contribution in [0.25, 0.3) is 0 Å². The molecule has 0 bridgehead atoms. The minimum Gasteiger partial charge on any atom is -0.480 e. The zero-order valence-electron chi connectivity index (χ0n) is 14.0. The normalized spacial score (nSPS) is 11.1. The van der Waals surface area contributed by atoms with Crippen molar-refractivity contribution in [3.05, 3.63) is 39.9 Å². The Bertz CT molecular complexity index is 726. The highest BCUT2D eigenvalue weighted by molar-refractivity contribution is 7.80. The smallest absolute Gasteiger partial charge is 0.413 e. The molecular weight excluding hydrogens is 380 g/mol. The van der Waals surface area contributed by atoms with Crippen LogP contribution >= 0.6 is 12.2 Å². The monoisotopic (exact) mass is 398 g/mol. The summed E-state index contributed by atoms with van der Waals surface area (Å²) in [6.07, 6.45) is -1.16. The molecule has 0 aliphatic heterocycles. The molecule has 0 aromatic heterocycles. The van der Waals surface area contributed by atoms with E-state index < -0.39 is 29.1 Å². The molecule has 1 amide bonds. The molecule has 0 saturated heterocycles. The second-order valence-electron chi connectivity index (χ2n) is 5.20. The van der Waals surface area contributed by atoms with Gasteiger partial charge in [0.05, 0.1) is 6.54 Å². The van der Waals surface area contributed by atoms with E-state index in [2.05, 4.69) is 5.32 Å². The zero-order valence-corrected chi connectivity index (χ0v) is 14.8. The predicted octanol–water partition coefficient (Wildman–Crippen LogP) is 0.0298. The van der Waals surface area contributed by atoms with E-state index in [1.807, 2.05) is 0 Å². The second kappa shape index (κ2) is 9.86. The van der Waals surface area contributed by atoms with E-state index in [4.69, 9.17) is 38.9 Å². The molecule has 1 aromatic rings. The Labute approximate surface area is 158 Å². The van der Waals surface area contributed by atoms with E-state index in [1.54, 1.807) is 0 Å². The summed E-state index contributed by atoms with van der Waals surface area (Å²) >= 11 is 4.80. The van der Waals surface area contributed by atoms with Crippen molar-refractivity contribution in [1.82, 2.24) is 10.3 Å². The fraction of sp³-hybridized carbons (Fsp3) is 0.286. The number of rotatable bonds is 9. The van der Waals surface area contributed by atoms with Crippen molar-refractivity contribution in [1.29, 1.82) is 5.41 Å². The van der Waals surface area contributed by atoms with Gasteiger partial charge in [-0.25, -0.2) is 19.7 Å². The summed E-state index contributed by atoms with van der Waals surface area (Å²) in [4.78, 5) is 33.9. The maximum atomic E-state index is 11.8. The van der Waals surface area contributed by atoms with Gasteiger partial charge < -0.3 is 26.6 Å². The number of nitro groups is 1. The van der Waals surface area contributed by atoms with Gasteiger partial charge in [-0.2, -0.15) is 0 Å². The molecule has 12 nitrogen and oxygen atoms in total. The number of nitrogens with zero attached hydrogens (tertiary/aromatic N) is 2. The van der Waals surface area contributed by atoms with Gasteiger partial charge >= 0.3 is 12.1 Å². The van der Waals surface area contributed by atoms with Gasteiger partial charge in [-0.1, -0.05) is 17.2 Å². The fourth-order valence-corrected chi connectivity index (χ4v) is 2.09. The molecule has 1 unspecified atom stereocenters. The summed E-state index contributed by atoms with van der Waals surface area (Å²) in [5.74, 6) is -1.97. The van der Waals surface area contributed by atoms with Crippen LogP contribution in [-0.4, -0.2) is 50.7 Å². The highest BCUT2D eigenvalue weighted by Crippen LogP contribution is 2.12. The van der Waals surface area contributed by atoms with Gasteiger partial charge in [-0.05, 0) is 37.1 Å². The number of carboxylic acid groups (broad SMARTS) is 1. The number of carboxylic acids is 1. The number of hydrogen-bond acceptors (Lipinski definition) is 7. The molecule has 0 radical (unpaired) electrons. The van der Waals surface area contributed by atoms with Crippen molar-refractivity contribution < 1.29 is 24.5 Å². The molecule has 0 aliphatic rings. The Morgan fingerprint density at radius 1 is 1.37 bits per heavy atom. The van der Waals surface area contributed by atoms with Crippen LogP contribution in [0.3, 0.4) is 0 Å². The molecule has 146 valence electrons. The highest BCUT2D eigenvalue weighted by atomic mass is 32.1. The van der Waals surface area contributed by atoms with Gasteiger partial charge in [0.2, 0.25) is 0 Å². The van der Waals surface area contributed by atoms with Gasteiger partial charge in [-0.15, -0.1) is 0 Å². The van der Waals surface area contributed by atoms with E-state index in [0.29, 0.717) is 10.6 Å². The average Bonchev–Trinajstić information content (AvgIpc) is 2.57. The third kappa shape index (κ3) is 7.11. The Morgan fingerprint density at radius 2 is 1.96 bits per heavy atom. The summed E-state index contributed by atoms with van der Waals surface area (Å²) in [5.41, 5.74) is 11.1. The third-order valence-electron chi connectivity index (χ3n) is 3.28. The number of guanidine groups is 1. The van der Waals surface area contributed by atoms with Crippen molar-refractivity contribution >= 4 is 35.2 Å². The lowest BCUT2D eigenvalue weighted by molar-refractivity contribution is -0.629. The number of benzene rings is 1. The standard InChI is InChI=1S/C14H18N6O6S/c15-11(27)8-3-5-9(6-4-8)26-14(23)18-10(12(21)22)2-1-7-19(13(16)17)20(24)25/h3-6,10H,1-2,7H2,(H2,15,27)(H3,16,17)(H,18,23)(H,21,22). The molecule has 7 N–H and O–H groups in total. The highest BCUT2D eigenvalue weighted by Gasteiger charge is 2.23. The van der Waals surface area contributed by atoms with Gasteiger partial charge in [-0.3, -0.25) is 5.41 Å². The molecule has 0 saturated carbocycles. The van der Waals surface area contributed by atoms with Crippen LogP contribution in [0.5, 0.6) is 5.75 Å². The number of hydrazine groups is 1. The van der Waals surface area contributed by atoms with Crippen molar-refractivity contribution in [3.8, 4) is 5.75 Å². The lowest BCUT2D eigenvalue weighted by Crippen LogP contribution is -2.44. The molecule has 1 atom stereocenters. The van der Waals surface area contributed by atoms with Crippen LogP contribution in [0.2, 0.25) is 0 Å². The summed E-state index contributed by atoms with van der Waals surface area (Å²) in [5, 5.41) is 28.5. The lowest BCUT2D eigenvalue weighted by Gasteiger charge is -2.16. The van der Waals surface area contributed by atoms with Crippen molar-refractivity contribution in [2.45, 2.75) is 18.9 Å². The first-order valence-electron chi connectivity index (χ1n) is 7.48. The van der Waals surface area contributed by atoms with E-state index in [-0.39, 0.29) is 30.1 Å². The summed E-state index contributed by atoms with van der Waals surface area (Å²) in [7, 11) is 0. The number of carbonyl (C=O) groups excluding carboxylic acids is 1. The first kappa shape index (κ1) is 21.6. The number of hydrogen-bond donors (Lipinski definition) is 5. The Hall–Kier alpha value is -3.48. The van der Waals surface area contributed by atoms with Crippen molar-refractivity contribution in [3.63, 3.8) is 0 Å². The Kier molecular flexibility index (Phi) is 7.88. The largest absolute Gasteiger partial charge is 0.480 e. The van der Waals surface area contributed by atoms with Crippen LogP contribution < -0.4 is 21.5 Å². The molecule has 0 spiro atoms. The predicted molar refractivity (Wildman–Crippen MR) is 97.8 cm³/mol. The van der Waals surface area contributed by atoms with Gasteiger partial charge in [0.15, 0.2) is 5.03 Å². The molecule has 1 aromatic carbocycles.